The zero-order valence-electron chi connectivity index (χ0n) is 16.2. The minimum atomic E-state index is -0.598. The molecule has 0 unspecified atom stereocenters. The summed E-state index contributed by atoms with van der Waals surface area (Å²) >= 11 is 0. The standard InChI is InChI=1S/C22H26N2O4/c1-3-4-7-14-28-19-12-10-16(15-20(19)27-2)11-13-21(25)24-18-9-6-5-8-17(18)22(23)26/h5-6,8-13,15H,3-4,7,14H2,1-2H3,(H2,23,26)(H,24,25). The first-order valence-corrected chi connectivity index (χ1v) is 9.24. The minimum absolute atomic E-state index is 0.260. The highest BCUT2D eigenvalue weighted by Crippen LogP contribution is 2.28. The molecule has 0 atom stereocenters. The Hall–Kier alpha value is -3.28. The Labute approximate surface area is 165 Å². The van der Waals surface area contributed by atoms with Crippen LogP contribution >= 0.6 is 0 Å². The SMILES string of the molecule is CCCCCOc1ccc(C=CC(=O)Nc2ccccc2C(N)=O)cc1OC. The van der Waals surface area contributed by atoms with Crippen LogP contribution in [0, 0.1) is 0 Å². The quantitative estimate of drug-likeness (QED) is 0.480. The molecule has 6 nitrogen and oxygen atoms in total. The summed E-state index contributed by atoms with van der Waals surface area (Å²) in [5.74, 6) is 0.320. The zero-order valence-corrected chi connectivity index (χ0v) is 16.2. The van der Waals surface area contributed by atoms with E-state index in [1.165, 1.54) is 6.08 Å². The first-order chi connectivity index (χ1) is 13.5. The van der Waals surface area contributed by atoms with Crippen LogP contribution < -0.4 is 20.5 Å². The van der Waals surface area contributed by atoms with E-state index in [1.54, 1.807) is 43.5 Å². The summed E-state index contributed by atoms with van der Waals surface area (Å²) in [6.07, 6.45) is 6.29. The lowest BCUT2D eigenvalue weighted by molar-refractivity contribution is -0.111. The molecule has 2 aromatic carbocycles. The second-order valence-corrected chi connectivity index (χ2v) is 6.20. The molecule has 0 heterocycles. The van der Waals surface area contributed by atoms with Crippen molar-refractivity contribution >= 4 is 23.6 Å². The van der Waals surface area contributed by atoms with Crippen molar-refractivity contribution in [3.63, 3.8) is 0 Å². The maximum Gasteiger partial charge on any atom is 0.250 e. The van der Waals surface area contributed by atoms with Gasteiger partial charge in [-0.3, -0.25) is 9.59 Å². The maximum atomic E-state index is 12.2. The third-order valence-electron chi connectivity index (χ3n) is 4.07. The fourth-order valence-corrected chi connectivity index (χ4v) is 2.59. The first kappa shape index (κ1) is 21.0. The van der Waals surface area contributed by atoms with Crippen molar-refractivity contribution in [1.82, 2.24) is 0 Å². The number of nitrogens with one attached hydrogen (secondary N) is 1. The number of hydrogen-bond donors (Lipinski definition) is 2. The number of unbranched alkanes of at least 4 members (excludes halogenated alkanes) is 2. The van der Waals surface area contributed by atoms with E-state index in [2.05, 4.69) is 12.2 Å². The number of nitrogens with two attached hydrogens (primary N) is 1. The lowest BCUT2D eigenvalue weighted by Gasteiger charge is -2.11. The number of carbonyl (C=O) groups is 2. The van der Waals surface area contributed by atoms with Gasteiger partial charge in [-0.15, -0.1) is 0 Å². The Morgan fingerprint density at radius 1 is 1.11 bits per heavy atom. The van der Waals surface area contributed by atoms with Crippen molar-refractivity contribution < 1.29 is 19.1 Å². The van der Waals surface area contributed by atoms with Gasteiger partial charge < -0.3 is 20.5 Å². The van der Waals surface area contributed by atoms with Crippen LogP contribution in [0.2, 0.25) is 0 Å². The van der Waals surface area contributed by atoms with E-state index in [1.807, 2.05) is 12.1 Å². The van der Waals surface area contributed by atoms with Crippen molar-refractivity contribution in [3.8, 4) is 11.5 Å². The average molecular weight is 382 g/mol. The smallest absolute Gasteiger partial charge is 0.250 e. The van der Waals surface area contributed by atoms with E-state index in [0.29, 0.717) is 23.8 Å². The molecule has 0 aliphatic rings. The van der Waals surface area contributed by atoms with E-state index in [9.17, 15) is 9.59 Å². The molecule has 0 aromatic heterocycles. The van der Waals surface area contributed by atoms with E-state index >= 15 is 0 Å². The molecule has 0 spiro atoms. The number of benzene rings is 2. The summed E-state index contributed by atoms with van der Waals surface area (Å²) in [6, 6.07) is 12.1. The van der Waals surface area contributed by atoms with E-state index in [4.69, 9.17) is 15.2 Å². The van der Waals surface area contributed by atoms with Gasteiger partial charge >= 0.3 is 0 Å². The molecule has 2 aromatic rings. The van der Waals surface area contributed by atoms with Gasteiger partial charge in [-0.25, -0.2) is 0 Å². The number of hydrogen-bond acceptors (Lipinski definition) is 4. The number of methoxy groups -OCH3 is 1. The van der Waals surface area contributed by atoms with Gasteiger partial charge in [0.05, 0.1) is 25.0 Å². The third-order valence-corrected chi connectivity index (χ3v) is 4.07. The Morgan fingerprint density at radius 2 is 1.89 bits per heavy atom. The summed E-state index contributed by atoms with van der Waals surface area (Å²) in [6.45, 7) is 2.78. The van der Waals surface area contributed by atoms with Gasteiger partial charge in [0.25, 0.3) is 5.91 Å². The highest BCUT2D eigenvalue weighted by molar-refractivity contribution is 6.07. The van der Waals surface area contributed by atoms with E-state index < -0.39 is 5.91 Å². The van der Waals surface area contributed by atoms with Gasteiger partial charge in [0.1, 0.15) is 0 Å². The van der Waals surface area contributed by atoms with Crippen molar-refractivity contribution in [2.75, 3.05) is 19.0 Å². The topological polar surface area (TPSA) is 90.6 Å². The first-order valence-electron chi connectivity index (χ1n) is 9.24. The maximum absolute atomic E-state index is 12.2. The number of ether oxygens (including phenoxy) is 2. The molecule has 28 heavy (non-hydrogen) atoms. The van der Waals surface area contributed by atoms with Crippen LogP contribution in [0.3, 0.4) is 0 Å². The highest BCUT2D eigenvalue weighted by atomic mass is 16.5. The third kappa shape index (κ3) is 6.16. The Kier molecular flexibility index (Phi) is 8.09. The molecule has 0 aliphatic heterocycles. The molecule has 148 valence electrons. The molecule has 0 fully saturated rings. The molecule has 3 N–H and O–H groups in total. The minimum Gasteiger partial charge on any atom is -0.493 e. The van der Waals surface area contributed by atoms with Crippen LogP contribution in [0.4, 0.5) is 5.69 Å². The van der Waals surface area contributed by atoms with Crippen LogP contribution in [0.25, 0.3) is 6.08 Å². The number of rotatable bonds is 10. The molecule has 0 saturated heterocycles. The van der Waals surface area contributed by atoms with Gasteiger partial charge in [-0.05, 0) is 42.3 Å². The fraction of sp³-hybridized carbons (Fsp3) is 0.273. The van der Waals surface area contributed by atoms with Crippen LogP contribution in [0.15, 0.2) is 48.5 Å². The van der Waals surface area contributed by atoms with E-state index in [-0.39, 0.29) is 11.5 Å². The summed E-state index contributed by atoms with van der Waals surface area (Å²) in [5.41, 5.74) is 6.74. The molecule has 2 amide bonds. The van der Waals surface area contributed by atoms with Crippen LogP contribution in [0.5, 0.6) is 11.5 Å². The van der Waals surface area contributed by atoms with E-state index in [0.717, 1.165) is 24.8 Å². The zero-order chi connectivity index (χ0) is 20.4. The molecule has 2 rings (SSSR count). The molecule has 0 bridgehead atoms. The number of para-hydroxylation sites is 1. The molecule has 0 radical (unpaired) electrons. The van der Waals surface area contributed by atoms with Crippen LogP contribution in [0.1, 0.15) is 42.1 Å². The van der Waals surface area contributed by atoms with Gasteiger partial charge in [-0.2, -0.15) is 0 Å². The lowest BCUT2D eigenvalue weighted by Crippen LogP contribution is -2.16. The monoisotopic (exact) mass is 382 g/mol. The van der Waals surface area contributed by atoms with Crippen molar-refractivity contribution in [2.24, 2.45) is 5.73 Å². The highest BCUT2D eigenvalue weighted by Gasteiger charge is 2.09. The molecule has 6 heteroatoms. The van der Waals surface area contributed by atoms with Gasteiger partial charge in [0.15, 0.2) is 11.5 Å². The second kappa shape index (κ2) is 10.8. The summed E-state index contributed by atoms with van der Waals surface area (Å²) < 4.78 is 11.1. The van der Waals surface area contributed by atoms with Crippen molar-refractivity contribution in [2.45, 2.75) is 26.2 Å². The number of anilines is 1. The molecule has 0 saturated carbocycles. The van der Waals surface area contributed by atoms with Crippen LogP contribution in [-0.4, -0.2) is 25.5 Å². The normalized spacial score (nSPS) is 10.6. The second-order valence-electron chi connectivity index (χ2n) is 6.20. The van der Waals surface area contributed by atoms with Crippen molar-refractivity contribution in [1.29, 1.82) is 0 Å². The van der Waals surface area contributed by atoms with Gasteiger partial charge in [-0.1, -0.05) is 38.0 Å². The number of carbonyl (C=O) groups excluding carboxylic acids is 2. The Morgan fingerprint density at radius 3 is 2.61 bits per heavy atom. The lowest BCUT2D eigenvalue weighted by atomic mass is 10.1. The molecule has 0 aliphatic carbocycles. The number of amides is 2. The van der Waals surface area contributed by atoms with Crippen molar-refractivity contribution in [3.05, 3.63) is 59.7 Å². The predicted molar refractivity (Wildman–Crippen MR) is 111 cm³/mol. The summed E-state index contributed by atoms with van der Waals surface area (Å²) in [7, 11) is 1.58. The summed E-state index contributed by atoms with van der Waals surface area (Å²) in [5, 5.41) is 2.66. The predicted octanol–water partition coefficient (Wildman–Crippen LogP) is 4.02. The van der Waals surface area contributed by atoms with Gasteiger partial charge in [0, 0.05) is 6.08 Å². The fourth-order valence-electron chi connectivity index (χ4n) is 2.59. The largest absolute Gasteiger partial charge is 0.493 e. The Bertz CT molecular complexity index is 846. The number of primary amides is 1. The van der Waals surface area contributed by atoms with Crippen LogP contribution in [-0.2, 0) is 4.79 Å². The molecular weight excluding hydrogens is 356 g/mol. The average Bonchev–Trinajstić information content (AvgIpc) is 2.70. The van der Waals surface area contributed by atoms with Gasteiger partial charge in [0.2, 0.25) is 5.91 Å². The Balaban J connectivity index is 2.03. The summed E-state index contributed by atoms with van der Waals surface area (Å²) in [4.78, 5) is 23.6. The molecular formula is C22H26N2O4.